The predicted molar refractivity (Wildman–Crippen MR) is 70.3 cm³/mol. The summed E-state index contributed by atoms with van der Waals surface area (Å²) in [4.78, 5) is 13.6. The highest BCUT2D eigenvalue weighted by Crippen LogP contribution is 2.22. The summed E-state index contributed by atoms with van der Waals surface area (Å²) in [6, 6.07) is 0. The van der Waals surface area contributed by atoms with Crippen LogP contribution in [0.2, 0.25) is 0 Å². The molecule has 1 fully saturated rings. The van der Waals surface area contributed by atoms with Gasteiger partial charge in [-0.05, 0) is 38.9 Å². The van der Waals surface area contributed by atoms with E-state index in [1.807, 2.05) is 20.8 Å². The van der Waals surface area contributed by atoms with Gasteiger partial charge in [-0.25, -0.2) is 4.79 Å². The number of ether oxygens (including phenoxy) is 1. The molecular weight excluding hydrogens is 238 g/mol. The smallest absolute Gasteiger partial charge is 0.410 e. The van der Waals surface area contributed by atoms with Gasteiger partial charge in [0.1, 0.15) is 5.60 Å². The van der Waals surface area contributed by atoms with Gasteiger partial charge < -0.3 is 14.7 Å². The Bertz CT molecular complexity index is 253. The molecule has 0 aromatic carbocycles. The van der Waals surface area contributed by atoms with Gasteiger partial charge in [0, 0.05) is 18.8 Å². The first-order chi connectivity index (χ1) is 7.92. The van der Waals surface area contributed by atoms with Crippen molar-refractivity contribution in [1.29, 1.82) is 0 Å². The molecule has 1 amide bonds. The first-order valence-electron chi connectivity index (χ1n) is 6.09. The van der Waals surface area contributed by atoms with E-state index in [1.165, 1.54) is 0 Å². The van der Waals surface area contributed by atoms with Crippen molar-refractivity contribution < 1.29 is 14.6 Å². The quantitative estimate of drug-likeness (QED) is 0.786. The maximum absolute atomic E-state index is 11.8. The molecule has 1 N–H and O–H groups in total. The molecular formula is C12H23NO3S. The molecule has 0 bridgehead atoms. The second-order valence-electron chi connectivity index (χ2n) is 5.38. The summed E-state index contributed by atoms with van der Waals surface area (Å²) >= 11 is 1.75. The summed E-state index contributed by atoms with van der Waals surface area (Å²) in [5, 5.41) is 8.70. The number of hydrogen-bond donors (Lipinski definition) is 1. The fourth-order valence-electron chi connectivity index (χ4n) is 1.78. The van der Waals surface area contributed by atoms with Crippen molar-refractivity contribution in [2.24, 2.45) is 5.92 Å². The van der Waals surface area contributed by atoms with Gasteiger partial charge in [0.25, 0.3) is 0 Å². The highest BCUT2D eigenvalue weighted by Gasteiger charge is 2.29. The normalized spacial score (nSPS) is 20.7. The van der Waals surface area contributed by atoms with E-state index < -0.39 is 5.60 Å². The summed E-state index contributed by atoms with van der Waals surface area (Å²) in [7, 11) is 0. The second kappa shape index (κ2) is 6.50. The van der Waals surface area contributed by atoms with Gasteiger partial charge in [0.05, 0.1) is 6.61 Å². The lowest BCUT2D eigenvalue weighted by Crippen LogP contribution is -2.35. The molecule has 17 heavy (non-hydrogen) atoms. The van der Waals surface area contributed by atoms with Crippen molar-refractivity contribution in [2.75, 3.05) is 31.2 Å². The Morgan fingerprint density at radius 1 is 1.53 bits per heavy atom. The maximum atomic E-state index is 11.8. The summed E-state index contributed by atoms with van der Waals surface area (Å²) in [5.74, 6) is 2.34. The Labute approximate surface area is 108 Å². The van der Waals surface area contributed by atoms with Crippen LogP contribution in [0.4, 0.5) is 4.79 Å². The van der Waals surface area contributed by atoms with Crippen molar-refractivity contribution in [3.63, 3.8) is 0 Å². The number of nitrogens with zero attached hydrogens (tertiary/aromatic N) is 1. The number of aliphatic hydroxyl groups is 1. The summed E-state index contributed by atoms with van der Waals surface area (Å²) in [5.41, 5.74) is -0.416. The van der Waals surface area contributed by atoms with Gasteiger partial charge in [-0.15, -0.1) is 0 Å². The molecule has 0 aliphatic carbocycles. The van der Waals surface area contributed by atoms with Gasteiger partial charge in [-0.1, -0.05) is 0 Å². The zero-order valence-electron chi connectivity index (χ0n) is 10.9. The zero-order chi connectivity index (χ0) is 12.9. The van der Waals surface area contributed by atoms with E-state index in [2.05, 4.69) is 0 Å². The molecule has 0 spiro atoms. The second-order valence-corrected chi connectivity index (χ2v) is 6.53. The lowest BCUT2D eigenvalue weighted by Gasteiger charge is -2.24. The molecule has 0 radical (unpaired) electrons. The van der Waals surface area contributed by atoms with Crippen LogP contribution in [0.25, 0.3) is 0 Å². The molecule has 1 saturated heterocycles. The summed E-state index contributed by atoms with van der Waals surface area (Å²) in [6.07, 6.45) is 0.838. The molecule has 5 heteroatoms. The number of rotatable bonds is 4. The number of thioether (sulfide) groups is 1. The Kier molecular flexibility index (Phi) is 5.59. The number of amides is 1. The Balaban J connectivity index is 2.27. The molecule has 1 unspecified atom stereocenters. The average molecular weight is 261 g/mol. The standard InChI is InChI=1S/C12H23NO3S/c1-12(2,3)16-11(15)13-5-4-10(8-13)9-17-7-6-14/h10,14H,4-9H2,1-3H3. The fraction of sp³-hybridized carbons (Fsp3) is 0.917. The molecule has 1 aliphatic heterocycles. The highest BCUT2D eigenvalue weighted by molar-refractivity contribution is 7.99. The van der Waals surface area contributed by atoms with Gasteiger partial charge in [0.15, 0.2) is 0 Å². The molecule has 100 valence electrons. The first kappa shape index (κ1) is 14.6. The largest absolute Gasteiger partial charge is 0.444 e. The summed E-state index contributed by atoms with van der Waals surface area (Å²) < 4.78 is 5.34. The SMILES string of the molecule is CC(C)(C)OC(=O)N1CCC(CSCCO)C1. The van der Waals surface area contributed by atoms with E-state index in [1.54, 1.807) is 16.7 Å². The minimum absolute atomic E-state index is 0.202. The maximum Gasteiger partial charge on any atom is 0.410 e. The highest BCUT2D eigenvalue weighted by atomic mass is 32.2. The monoisotopic (exact) mass is 261 g/mol. The first-order valence-corrected chi connectivity index (χ1v) is 7.24. The zero-order valence-corrected chi connectivity index (χ0v) is 11.8. The van der Waals surface area contributed by atoms with Crippen LogP contribution in [0.15, 0.2) is 0 Å². The molecule has 0 aromatic rings. The van der Waals surface area contributed by atoms with Crippen LogP contribution in [0.1, 0.15) is 27.2 Å². The van der Waals surface area contributed by atoms with E-state index in [0.29, 0.717) is 5.92 Å². The molecule has 1 atom stereocenters. The van der Waals surface area contributed by atoms with Crippen LogP contribution in [0.3, 0.4) is 0 Å². The van der Waals surface area contributed by atoms with E-state index in [-0.39, 0.29) is 12.7 Å². The van der Waals surface area contributed by atoms with Crippen molar-refractivity contribution in [3.8, 4) is 0 Å². The predicted octanol–water partition coefficient (Wildman–Crippen LogP) is 1.97. The van der Waals surface area contributed by atoms with E-state index in [0.717, 1.165) is 31.0 Å². The number of carbonyl (C=O) groups is 1. The number of hydrogen-bond acceptors (Lipinski definition) is 4. The van der Waals surface area contributed by atoms with E-state index in [9.17, 15) is 4.79 Å². The van der Waals surface area contributed by atoms with Gasteiger partial charge >= 0.3 is 6.09 Å². The Morgan fingerprint density at radius 2 is 2.24 bits per heavy atom. The Morgan fingerprint density at radius 3 is 2.82 bits per heavy atom. The van der Waals surface area contributed by atoms with Crippen molar-refractivity contribution >= 4 is 17.9 Å². The number of likely N-dealkylation sites (tertiary alicyclic amines) is 1. The number of carbonyl (C=O) groups excluding carboxylic acids is 1. The molecule has 4 nitrogen and oxygen atoms in total. The minimum Gasteiger partial charge on any atom is -0.444 e. The lowest BCUT2D eigenvalue weighted by molar-refractivity contribution is 0.0289. The molecule has 1 aliphatic rings. The van der Waals surface area contributed by atoms with E-state index >= 15 is 0 Å². The third kappa shape index (κ3) is 5.64. The van der Waals surface area contributed by atoms with Gasteiger partial charge in [-0.3, -0.25) is 0 Å². The topological polar surface area (TPSA) is 49.8 Å². The summed E-state index contributed by atoms with van der Waals surface area (Å²) in [6.45, 7) is 7.46. The van der Waals surface area contributed by atoms with Crippen LogP contribution in [-0.4, -0.2) is 52.9 Å². The molecule has 0 aromatic heterocycles. The Hall–Kier alpha value is -0.420. The minimum atomic E-state index is -0.416. The van der Waals surface area contributed by atoms with Crippen molar-refractivity contribution in [2.45, 2.75) is 32.8 Å². The molecule has 1 rings (SSSR count). The van der Waals surface area contributed by atoms with Crippen LogP contribution >= 0.6 is 11.8 Å². The molecule has 0 saturated carbocycles. The average Bonchev–Trinajstić information content (AvgIpc) is 2.64. The van der Waals surface area contributed by atoms with Crippen LogP contribution in [-0.2, 0) is 4.74 Å². The third-order valence-corrected chi connectivity index (χ3v) is 3.71. The van der Waals surface area contributed by atoms with E-state index in [4.69, 9.17) is 9.84 Å². The third-order valence-electron chi connectivity index (χ3n) is 2.53. The fourth-order valence-corrected chi connectivity index (χ4v) is 2.68. The van der Waals surface area contributed by atoms with Crippen LogP contribution < -0.4 is 0 Å². The number of aliphatic hydroxyl groups excluding tert-OH is 1. The lowest BCUT2D eigenvalue weighted by atomic mass is 10.2. The van der Waals surface area contributed by atoms with Crippen LogP contribution in [0.5, 0.6) is 0 Å². The van der Waals surface area contributed by atoms with Crippen molar-refractivity contribution in [1.82, 2.24) is 4.90 Å². The van der Waals surface area contributed by atoms with Gasteiger partial charge in [-0.2, -0.15) is 11.8 Å². The van der Waals surface area contributed by atoms with Crippen molar-refractivity contribution in [3.05, 3.63) is 0 Å². The van der Waals surface area contributed by atoms with Crippen LogP contribution in [0, 0.1) is 5.92 Å². The molecule has 1 heterocycles. The van der Waals surface area contributed by atoms with Gasteiger partial charge in [0.2, 0.25) is 0 Å².